The largest absolute Gasteiger partial charge is 0.394 e. The van der Waals surface area contributed by atoms with Gasteiger partial charge in [0.1, 0.15) is 0 Å². The lowest BCUT2D eigenvalue weighted by Crippen LogP contribution is -2.26. The van der Waals surface area contributed by atoms with Gasteiger partial charge in [-0.2, -0.15) is 0 Å². The van der Waals surface area contributed by atoms with Crippen LogP contribution in [0.15, 0.2) is 6.33 Å². The monoisotopic (exact) mass is 228 g/mol. The number of nitrogens with zero attached hydrogens (tertiary/aromatic N) is 2. The maximum atomic E-state index is 11.6. The number of aliphatic hydroxyl groups excluding tert-OH is 2. The number of carbonyl (C=O) groups excluding carboxylic acids is 1. The van der Waals surface area contributed by atoms with E-state index in [1.165, 1.54) is 17.9 Å². The van der Waals surface area contributed by atoms with Crippen LogP contribution in [0.25, 0.3) is 0 Å². The Morgan fingerprint density at radius 2 is 2.31 bits per heavy atom. The molecule has 0 aromatic carbocycles. The first-order chi connectivity index (χ1) is 7.63. The van der Waals surface area contributed by atoms with Crippen molar-refractivity contribution in [1.29, 1.82) is 0 Å². The van der Waals surface area contributed by atoms with Gasteiger partial charge in [0.05, 0.1) is 25.6 Å². The zero-order chi connectivity index (χ0) is 12.1. The summed E-state index contributed by atoms with van der Waals surface area (Å²) >= 11 is 0. The van der Waals surface area contributed by atoms with Crippen molar-refractivity contribution in [3.63, 3.8) is 0 Å². The van der Waals surface area contributed by atoms with Crippen molar-refractivity contribution in [2.75, 3.05) is 26.0 Å². The number of hydrogen-bond donors (Lipinski definition) is 4. The predicted octanol–water partition coefficient (Wildman–Crippen LogP) is -1.36. The average Bonchev–Trinajstić information content (AvgIpc) is 2.70. The van der Waals surface area contributed by atoms with Crippen LogP contribution in [-0.4, -0.2) is 52.5 Å². The summed E-state index contributed by atoms with van der Waals surface area (Å²) in [5.41, 5.74) is 0.331. The molecule has 0 saturated carbocycles. The molecule has 0 saturated heterocycles. The van der Waals surface area contributed by atoms with Crippen molar-refractivity contribution in [1.82, 2.24) is 14.9 Å². The number of carbonyl (C=O) groups is 1. The fourth-order valence-electron chi connectivity index (χ4n) is 1.34. The van der Waals surface area contributed by atoms with Gasteiger partial charge in [-0.25, -0.2) is 4.98 Å². The lowest BCUT2D eigenvalue weighted by Gasteiger charge is -2.11. The predicted molar refractivity (Wildman–Crippen MR) is 58.3 cm³/mol. The van der Waals surface area contributed by atoms with E-state index in [0.29, 0.717) is 11.5 Å². The topological polar surface area (TPSA) is 99.4 Å². The molecule has 0 aliphatic carbocycles. The Labute approximate surface area is 93.1 Å². The third-order valence-electron chi connectivity index (χ3n) is 2.13. The van der Waals surface area contributed by atoms with Crippen LogP contribution in [0.3, 0.4) is 0 Å². The summed E-state index contributed by atoms with van der Waals surface area (Å²) in [5, 5.41) is 23.3. The van der Waals surface area contributed by atoms with Gasteiger partial charge in [-0.05, 0) is 0 Å². The molecular weight excluding hydrogens is 212 g/mol. The second-order valence-corrected chi connectivity index (χ2v) is 3.26. The molecule has 16 heavy (non-hydrogen) atoms. The van der Waals surface area contributed by atoms with Crippen molar-refractivity contribution in [3.8, 4) is 0 Å². The summed E-state index contributed by atoms with van der Waals surface area (Å²) in [6.45, 7) is -0.242. The molecule has 1 atom stereocenters. The van der Waals surface area contributed by atoms with Crippen LogP contribution in [0.4, 0.5) is 5.82 Å². The maximum Gasteiger partial charge on any atom is 0.271 e. The first-order valence-corrected chi connectivity index (χ1v) is 4.87. The molecule has 1 heterocycles. The van der Waals surface area contributed by atoms with Gasteiger partial charge in [-0.15, -0.1) is 0 Å². The molecule has 1 amide bonds. The second kappa shape index (κ2) is 5.47. The van der Waals surface area contributed by atoms with Crippen molar-refractivity contribution >= 4 is 11.7 Å². The summed E-state index contributed by atoms with van der Waals surface area (Å²) in [6, 6.07) is 0. The number of rotatable bonds is 5. The van der Waals surface area contributed by atoms with E-state index in [1.807, 2.05) is 0 Å². The molecule has 0 fully saturated rings. The number of nitrogens with one attached hydrogen (secondary N) is 2. The van der Waals surface area contributed by atoms with Crippen LogP contribution < -0.4 is 10.6 Å². The van der Waals surface area contributed by atoms with Crippen molar-refractivity contribution in [2.24, 2.45) is 0 Å². The highest BCUT2D eigenvalue weighted by atomic mass is 16.3. The highest BCUT2D eigenvalue weighted by molar-refractivity contribution is 5.97. The molecule has 1 unspecified atom stereocenters. The zero-order valence-electron chi connectivity index (χ0n) is 9.27. The third-order valence-corrected chi connectivity index (χ3v) is 2.13. The minimum atomic E-state index is -0.915. The summed E-state index contributed by atoms with van der Waals surface area (Å²) in [5.74, 6) is 0.136. The number of anilines is 1. The number of aliphatic hydroxyl groups is 2. The highest BCUT2D eigenvalue weighted by Crippen LogP contribution is 2.13. The van der Waals surface area contributed by atoms with E-state index in [2.05, 4.69) is 15.6 Å². The van der Waals surface area contributed by atoms with Gasteiger partial charge in [0.25, 0.3) is 5.91 Å². The third kappa shape index (κ3) is 2.50. The van der Waals surface area contributed by atoms with E-state index in [9.17, 15) is 9.90 Å². The molecule has 0 aliphatic rings. The minimum absolute atomic E-state index is 0.119. The second-order valence-electron chi connectivity index (χ2n) is 3.26. The van der Waals surface area contributed by atoms with E-state index in [1.54, 1.807) is 7.05 Å². The minimum Gasteiger partial charge on any atom is -0.394 e. The zero-order valence-corrected chi connectivity index (χ0v) is 9.27. The molecule has 1 aromatic heterocycles. The Hall–Kier alpha value is -1.60. The molecule has 1 rings (SSSR count). The summed E-state index contributed by atoms with van der Waals surface area (Å²) in [4.78, 5) is 15.6. The van der Waals surface area contributed by atoms with Crippen LogP contribution in [-0.2, 0) is 6.54 Å². The first kappa shape index (κ1) is 12.5. The number of hydrogen-bond acceptors (Lipinski definition) is 5. The smallest absolute Gasteiger partial charge is 0.271 e. The standard InChI is InChI=1S/C9H16N4O3/c1-10-8-7(9(16)11-2)13(5-12-8)3-6(15)4-14/h5-6,10,14-15H,3-4H2,1-2H3,(H,11,16). The Morgan fingerprint density at radius 3 is 2.81 bits per heavy atom. The molecule has 90 valence electrons. The number of imidazole rings is 1. The van der Waals surface area contributed by atoms with E-state index in [4.69, 9.17) is 5.11 Å². The van der Waals surface area contributed by atoms with Crippen molar-refractivity contribution in [2.45, 2.75) is 12.6 Å². The van der Waals surface area contributed by atoms with E-state index < -0.39 is 6.10 Å². The van der Waals surface area contributed by atoms with Crippen LogP contribution in [0.2, 0.25) is 0 Å². The van der Waals surface area contributed by atoms with E-state index >= 15 is 0 Å². The normalized spacial score (nSPS) is 12.2. The van der Waals surface area contributed by atoms with Gasteiger partial charge in [0.2, 0.25) is 0 Å². The Kier molecular flexibility index (Phi) is 4.27. The Balaban J connectivity index is 3.00. The molecule has 0 radical (unpaired) electrons. The fourth-order valence-corrected chi connectivity index (χ4v) is 1.34. The SMILES string of the molecule is CNC(=O)c1c(NC)ncn1CC(O)CO. The number of aromatic nitrogens is 2. The van der Waals surface area contributed by atoms with Crippen LogP contribution in [0.1, 0.15) is 10.5 Å². The average molecular weight is 228 g/mol. The summed E-state index contributed by atoms with van der Waals surface area (Å²) in [7, 11) is 3.17. The summed E-state index contributed by atoms with van der Waals surface area (Å²) in [6.07, 6.45) is 0.525. The Morgan fingerprint density at radius 1 is 1.62 bits per heavy atom. The molecule has 7 nitrogen and oxygen atoms in total. The van der Waals surface area contributed by atoms with E-state index in [0.717, 1.165) is 0 Å². The van der Waals surface area contributed by atoms with Gasteiger partial charge >= 0.3 is 0 Å². The maximum absolute atomic E-state index is 11.6. The lowest BCUT2D eigenvalue weighted by molar-refractivity contribution is 0.0789. The van der Waals surface area contributed by atoms with Crippen LogP contribution >= 0.6 is 0 Å². The molecule has 0 bridgehead atoms. The van der Waals surface area contributed by atoms with Gasteiger partial charge < -0.3 is 25.4 Å². The van der Waals surface area contributed by atoms with Gasteiger partial charge in [0.15, 0.2) is 11.5 Å². The lowest BCUT2D eigenvalue weighted by atomic mass is 10.3. The molecule has 0 spiro atoms. The van der Waals surface area contributed by atoms with Gasteiger partial charge in [-0.1, -0.05) is 0 Å². The van der Waals surface area contributed by atoms with Gasteiger partial charge in [0, 0.05) is 14.1 Å². The van der Waals surface area contributed by atoms with E-state index in [-0.39, 0.29) is 19.1 Å². The molecule has 4 N–H and O–H groups in total. The quantitative estimate of drug-likeness (QED) is 0.499. The van der Waals surface area contributed by atoms with Crippen LogP contribution in [0.5, 0.6) is 0 Å². The summed E-state index contributed by atoms with van der Waals surface area (Å²) < 4.78 is 1.49. The highest BCUT2D eigenvalue weighted by Gasteiger charge is 2.18. The van der Waals surface area contributed by atoms with Crippen LogP contribution in [0, 0.1) is 0 Å². The van der Waals surface area contributed by atoms with Crippen molar-refractivity contribution in [3.05, 3.63) is 12.0 Å². The fraction of sp³-hybridized carbons (Fsp3) is 0.556. The first-order valence-electron chi connectivity index (χ1n) is 4.87. The number of amides is 1. The Bertz CT molecular complexity index is 364. The molecule has 0 aliphatic heterocycles. The van der Waals surface area contributed by atoms with Crippen molar-refractivity contribution < 1.29 is 15.0 Å². The molecule has 7 heteroatoms. The van der Waals surface area contributed by atoms with Gasteiger partial charge in [-0.3, -0.25) is 4.79 Å². The molecular formula is C9H16N4O3. The molecule has 1 aromatic rings.